The van der Waals surface area contributed by atoms with Gasteiger partial charge in [0, 0.05) is 12.5 Å². The van der Waals surface area contributed by atoms with E-state index in [0.29, 0.717) is 5.92 Å². The summed E-state index contributed by atoms with van der Waals surface area (Å²) in [5.74, 6) is 3.23. The molecule has 0 spiro atoms. The predicted molar refractivity (Wildman–Crippen MR) is 74.1 cm³/mol. The zero-order chi connectivity index (χ0) is 13.3. The van der Waals surface area contributed by atoms with E-state index in [1.165, 1.54) is 25.7 Å². The third kappa shape index (κ3) is 2.31. The van der Waals surface area contributed by atoms with Crippen molar-refractivity contribution in [2.24, 2.45) is 5.92 Å². The molecule has 2 fully saturated rings. The maximum absolute atomic E-state index is 5.62. The highest BCUT2D eigenvalue weighted by Crippen LogP contribution is 2.40. The van der Waals surface area contributed by atoms with Gasteiger partial charge in [-0.15, -0.1) is 0 Å². The van der Waals surface area contributed by atoms with Crippen LogP contribution < -0.4 is 5.32 Å². The average Bonchev–Trinajstić information content (AvgIpc) is 3.17. The first kappa shape index (κ1) is 13.1. The van der Waals surface area contributed by atoms with Gasteiger partial charge in [0.15, 0.2) is 5.82 Å². The number of aromatic nitrogens is 2. The lowest BCUT2D eigenvalue weighted by Gasteiger charge is -2.20. The molecule has 1 aromatic heterocycles. The van der Waals surface area contributed by atoms with E-state index in [4.69, 9.17) is 9.51 Å². The van der Waals surface area contributed by atoms with Gasteiger partial charge in [0.2, 0.25) is 5.89 Å². The van der Waals surface area contributed by atoms with Crippen molar-refractivity contribution in [1.82, 2.24) is 15.5 Å². The summed E-state index contributed by atoms with van der Waals surface area (Å²) >= 11 is 0. The summed E-state index contributed by atoms with van der Waals surface area (Å²) in [6.07, 6.45) is 7.27. The monoisotopic (exact) mass is 263 g/mol. The van der Waals surface area contributed by atoms with Gasteiger partial charge >= 0.3 is 0 Å². The zero-order valence-corrected chi connectivity index (χ0v) is 12.1. The molecule has 1 aliphatic carbocycles. The van der Waals surface area contributed by atoms with Gasteiger partial charge in [0.1, 0.15) is 0 Å². The molecular formula is C15H25N3O. The zero-order valence-electron chi connectivity index (χ0n) is 12.1. The van der Waals surface area contributed by atoms with E-state index >= 15 is 0 Å². The van der Waals surface area contributed by atoms with Crippen LogP contribution in [-0.4, -0.2) is 23.2 Å². The summed E-state index contributed by atoms with van der Waals surface area (Å²) in [6, 6.07) is 0. The molecule has 1 aliphatic heterocycles. The fourth-order valence-electron chi connectivity index (χ4n) is 3.68. The van der Waals surface area contributed by atoms with Gasteiger partial charge in [-0.05, 0) is 44.6 Å². The molecule has 0 radical (unpaired) electrons. The molecule has 1 saturated heterocycles. The Bertz CT molecular complexity index is 423. The molecule has 3 atom stereocenters. The van der Waals surface area contributed by atoms with Crippen molar-refractivity contribution in [3.05, 3.63) is 11.7 Å². The summed E-state index contributed by atoms with van der Waals surface area (Å²) < 4.78 is 5.62. The summed E-state index contributed by atoms with van der Waals surface area (Å²) in [6.45, 7) is 6.55. The van der Waals surface area contributed by atoms with E-state index < -0.39 is 0 Å². The Labute approximate surface area is 115 Å². The van der Waals surface area contributed by atoms with E-state index in [1.54, 1.807) is 0 Å². The van der Waals surface area contributed by atoms with Crippen LogP contribution in [-0.2, 0) is 5.41 Å². The van der Waals surface area contributed by atoms with Crippen LogP contribution in [0.15, 0.2) is 4.52 Å². The quantitative estimate of drug-likeness (QED) is 0.907. The van der Waals surface area contributed by atoms with Crippen molar-refractivity contribution < 1.29 is 4.52 Å². The summed E-state index contributed by atoms with van der Waals surface area (Å²) in [4.78, 5) is 4.77. The van der Waals surface area contributed by atoms with Crippen LogP contribution in [0, 0.1) is 5.92 Å². The average molecular weight is 263 g/mol. The molecule has 2 heterocycles. The Kier molecular flexibility index (Phi) is 3.61. The molecule has 1 aromatic rings. The second kappa shape index (κ2) is 5.23. The minimum absolute atomic E-state index is 0.0913. The fourth-order valence-corrected chi connectivity index (χ4v) is 3.68. The van der Waals surface area contributed by atoms with Gasteiger partial charge < -0.3 is 9.84 Å². The first-order valence-electron chi connectivity index (χ1n) is 7.82. The number of nitrogens with zero attached hydrogens (tertiary/aromatic N) is 2. The third-order valence-electron chi connectivity index (χ3n) is 5.30. The molecule has 4 heteroatoms. The van der Waals surface area contributed by atoms with Crippen LogP contribution >= 0.6 is 0 Å². The molecule has 19 heavy (non-hydrogen) atoms. The van der Waals surface area contributed by atoms with Gasteiger partial charge in [-0.3, -0.25) is 0 Å². The SMILES string of the molecule is CCC1CCC(c2noc(C3(CC)CCNC3)n2)C1. The maximum atomic E-state index is 5.62. The smallest absolute Gasteiger partial charge is 0.234 e. The van der Waals surface area contributed by atoms with Gasteiger partial charge in [-0.25, -0.2) is 0 Å². The standard InChI is InChI=1S/C15H25N3O/c1-3-11-5-6-12(9-11)13-17-14(19-18-13)15(4-2)7-8-16-10-15/h11-12,16H,3-10H2,1-2H3. The molecule has 0 amide bonds. The van der Waals surface area contributed by atoms with Gasteiger partial charge in [0.25, 0.3) is 0 Å². The van der Waals surface area contributed by atoms with Gasteiger partial charge in [0.05, 0.1) is 5.41 Å². The van der Waals surface area contributed by atoms with Crippen LogP contribution in [0.1, 0.15) is 70.0 Å². The lowest BCUT2D eigenvalue weighted by molar-refractivity contribution is 0.282. The first-order valence-corrected chi connectivity index (χ1v) is 7.82. The van der Waals surface area contributed by atoms with Crippen molar-refractivity contribution in [1.29, 1.82) is 0 Å². The highest BCUT2D eigenvalue weighted by atomic mass is 16.5. The van der Waals surface area contributed by atoms with Crippen LogP contribution in [0.4, 0.5) is 0 Å². The van der Waals surface area contributed by atoms with E-state index in [-0.39, 0.29) is 5.41 Å². The van der Waals surface area contributed by atoms with Crippen molar-refractivity contribution >= 4 is 0 Å². The minimum atomic E-state index is 0.0913. The van der Waals surface area contributed by atoms with Gasteiger partial charge in [-0.2, -0.15) is 4.98 Å². The molecule has 0 aromatic carbocycles. The summed E-state index contributed by atoms with van der Waals surface area (Å²) in [7, 11) is 0. The minimum Gasteiger partial charge on any atom is -0.339 e. The second-order valence-electron chi connectivity index (χ2n) is 6.30. The van der Waals surface area contributed by atoms with Crippen molar-refractivity contribution in [2.75, 3.05) is 13.1 Å². The van der Waals surface area contributed by atoms with E-state index in [1.807, 2.05) is 0 Å². The summed E-state index contributed by atoms with van der Waals surface area (Å²) in [5, 5.41) is 7.72. The topological polar surface area (TPSA) is 51.0 Å². The van der Waals surface area contributed by atoms with Gasteiger partial charge in [-0.1, -0.05) is 25.4 Å². The Morgan fingerprint density at radius 1 is 1.37 bits per heavy atom. The number of nitrogens with one attached hydrogen (secondary N) is 1. The normalized spacial score (nSPS) is 35.1. The van der Waals surface area contributed by atoms with Crippen molar-refractivity contribution in [3.8, 4) is 0 Å². The molecule has 4 nitrogen and oxygen atoms in total. The van der Waals surface area contributed by atoms with Crippen LogP contribution in [0.2, 0.25) is 0 Å². The number of rotatable bonds is 4. The highest BCUT2D eigenvalue weighted by molar-refractivity contribution is 5.11. The van der Waals surface area contributed by atoms with Crippen LogP contribution in [0.5, 0.6) is 0 Å². The van der Waals surface area contributed by atoms with Crippen LogP contribution in [0.3, 0.4) is 0 Å². The largest absolute Gasteiger partial charge is 0.339 e. The Hall–Kier alpha value is -0.900. The van der Waals surface area contributed by atoms with E-state index in [9.17, 15) is 0 Å². The first-order chi connectivity index (χ1) is 9.27. The molecular weight excluding hydrogens is 238 g/mol. The third-order valence-corrected chi connectivity index (χ3v) is 5.30. The number of hydrogen-bond acceptors (Lipinski definition) is 4. The predicted octanol–water partition coefficient (Wildman–Crippen LogP) is 3.00. The van der Waals surface area contributed by atoms with E-state index in [0.717, 1.165) is 43.6 Å². The molecule has 2 aliphatic rings. The lowest BCUT2D eigenvalue weighted by atomic mass is 9.84. The Morgan fingerprint density at radius 3 is 2.89 bits per heavy atom. The Morgan fingerprint density at radius 2 is 2.26 bits per heavy atom. The molecule has 1 saturated carbocycles. The fraction of sp³-hybridized carbons (Fsp3) is 0.867. The highest BCUT2D eigenvalue weighted by Gasteiger charge is 2.40. The molecule has 0 bridgehead atoms. The second-order valence-corrected chi connectivity index (χ2v) is 6.30. The molecule has 1 N–H and O–H groups in total. The Balaban J connectivity index is 1.76. The summed E-state index contributed by atoms with van der Waals surface area (Å²) in [5.41, 5.74) is 0.0913. The van der Waals surface area contributed by atoms with E-state index in [2.05, 4.69) is 24.3 Å². The van der Waals surface area contributed by atoms with Crippen LogP contribution in [0.25, 0.3) is 0 Å². The molecule has 106 valence electrons. The number of hydrogen-bond donors (Lipinski definition) is 1. The molecule has 3 unspecified atom stereocenters. The van der Waals surface area contributed by atoms with Crippen molar-refractivity contribution in [2.45, 2.75) is 63.7 Å². The maximum Gasteiger partial charge on any atom is 0.234 e. The molecule has 3 rings (SSSR count). The lowest BCUT2D eigenvalue weighted by Crippen LogP contribution is -2.28. The van der Waals surface area contributed by atoms with Crippen molar-refractivity contribution in [3.63, 3.8) is 0 Å².